The van der Waals surface area contributed by atoms with Gasteiger partial charge in [-0.1, -0.05) is 131 Å². The van der Waals surface area contributed by atoms with Crippen molar-refractivity contribution in [3.63, 3.8) is 0 Å². The molecule has 0 N–H and O–H groups in total. The first-order chi connectivity index (χ1) is 27.8. The molecule has 2 heterocycles. The van der Waals surface area contributed by atoms with Crippen molar-refractivity contribution in [1.82, 2.24) is 0 Å². The highest BCUT2D eigenvalue weighted by Gasteiger charge is 2.46. The molecule has 0 spiro atoms. The summed E-state index contributed by atoms with van der Waals surface area (Å²) in [6.45, 7) is 9.55. The van der Waals surface area contributed by atoms with Crippen molar-refractivity contribution in [3.05, 3.63) is 222 Å². The van der Waals surface area contributed by atoms with Crippen LogP contribution < -0.4 is 14.7 Å². The maximum Gasteiger partial charge on any atom is 0.0973 e. The summed E-state index contributed by atoms with van der Waals surface area (Å²) in [5.41, 5.74) is 17.3. The molecular formula is C54H43N3. The lowest BCUT2D eigenvalue weighted by molar-refractivity contribution is 0.597. The van der Waals surface area contributed by atoms with E-state index in [1.165, 1.54) is 50.4 Å². The van der Waals surface area contributed by atoms with E-state index < -0.39 is 0 Å². The van der Waals surface area contributed by atoms with E-state index >= 15 is 0 Å². The number of nitrogens with zero attached hydrogens (tertiary/aromatic N) is 3. The van der Waals surface area contributed by atoms with Crippen LogP contribution in [0.3, 0.4) is 0 Å². The lowest BCUT2D eigenvalue weighted by atomic mass is 9.66. The topological polar surface area (TPSA) is 9.72 Å². The van der Waals surface area contributed by atoms with Gasteiger partial charge in [-0.05, 0) is 130 Å². The van der Waals surface area contributed by atoms with Gasteiger partial charge in [-0.3, -0.25) is 0 Å². The van der Waals surface area contributed by atoms with Crippen LogP contribution in [0.15, 0.2) is 188 Å². The molecule has 3 heteroatoms. The van der Waals surface area contributed by atoms with E-state index in [1.54, 1.807) is 0 Å². The number of hydrogen-bond donors (Lipinski definition) is 0. The predicted octanol–water partition coefficient (Wildman–Crippen LogP) is 14.6. The summed E-state index contributed by atoms with van der Waals surface area (Å²) in [6.07, 6.45) is 0. The molecule has 3 nitrogen and oxygen atoms in total. The summed E-state index contributed by atoms with van der Waals surface area (Å²) in [7, 11) is 0. The standard InChI is InChI=1S/C54H43N3/c1-53(2)46-27-17-18-28-50(46)57-51-34-31-39(38-29-32-44(33-30-38)55(40-19-9-5-10-20-40)41-21-11-6-12-22-41)35-47(51)54(3,4)49-37-45(36-48(53)52(49)57)56(42-23-13-7-14-24-42)43-25-15-8-16-26-43/h5-15,17-25,27-37H,1-4H3. The van der Waals surface area contributed by atoms with Crippen molar-refractivity contribution in [1.29, 1.82) is 0 Å². The van der Waals surface area contributed by atoms with Crippen LogP contribution >= 0.6 is 0 Å². The Balaban J connectivity index is 1.14. The first-order valence-electron chi connectivity index (χ1n) is 19.8. The minimum Gasteiger partial charge on any atom is -0.311 e. The van der Waals surface area contributed by atoms with Crippen molar-refractivity contribution >= 4 is 51.2 Å². The van der Waals surface area contributed by atoms with Gasteiger partial charge in [-0.15, -0.1) is 0 Å². The molecule has 0 saturated heterocycles. The van der Waals surface area contributed by atoms with Crippen LogP contribution in [0.1, 0.15) is 49.9 Å². The molecule has 0 saturated carbocycles. The molecule has 8 aromatic rings. The fraction of sp³-hybridized carbons (Fsp3) is 0.111. The second-order valence-corrected chi connectivity index (χ2v) is 16.1. The Labute approximate surface area is 336 Å². The van der Waals surface area contributed by atoms with Gasteiger partial charge in [0.15, 0.2) is 0 Å². The molecule has 274 valence electrons. The van der Waals surface area contributed by atoms with E-state index in [2.05, 4.69) is 230 Å². The Morgan fingerprint density at radius 3 is 1.51 bits per heavy atom. The Morgan fingerprint density at radius 1 is 0.404 bits per heavy atom. The van der Waals surface area contributed by atoms with Gasteiger partial charge in [0.05, 0.1) is 22.7 Å². The molecule has 0 radical (unpaired) electrons. The Morgan fingerprint density at radius 2 is 0.912 bits per heavy atom. The third-order valence-corrected chi connectivity index (χ3v) is 12.0. The lowest BCUT2D eigenvalue weighted by Gasteiger charge is -2.50. The highest BCUT2D eigenvalue weighted by atomic mass is 15.2. The summed E-state index contributed by atoms with van der Waals surface area (Å²) in [5.74, 6) is 0. The van der Waals surface area contributed by atoms with E-state index in [4.69, 9.17) is 0 Å². The van der Waals surface area contributed by atoms with Crippen molar-refractivity contribution in [2.45, 2.75) is 38.5 Å². The van der Waals surface area contributed by atoms with Gasteiger partial charge in [-0.25, -0.2) is 0 Å². The average molecular weight is 734 g/mol. The maximum absolute atomic E-state index is 3.42. The molecule has 0 aromatic heterocycles. The summed E-state index contributed by atoms with van der Waals surface area (Å²) in [6, 6.07) is 74.4. The third kappa shape index (κ3) is 5.60. The summed E-state index contributed by atoms with van der Waals surface area (Å²) in [5, 5.41) is 0. The number of rotatable bonds is 7. The molecule has 8 aromatic carbocycles. The van der Waals surface area contributed by atoms with E-state index in [-0.39, 0.29) is 10.8 Å². The average Bonchev–Trinajstić information content (AvgIpc) is 3.25. The molecule has 0 fully saturated rings. The molecule has 2 aliphatic heterocycles. The second kappa shape index (κ2) is 13.3. The van der Waals surface area contributed by atoms with Crippen molar-refractivity contribution < 1.29 is 0 Å². The maximum atomic E-state index is 3.42. The van der Waals surface area contributed by atoms with E-state index in [9.17, 15) is 0 Å². The van der Waals surface area contributed by atoms with Gasteiger partial charge in [-0.2, -0.15) is 0 Å². The van der Waals surface area contributed by atoms with Crippen LogP contribution in [0.4, 0.5) is 51.2 Å². The number of para-hydroxylation sites is 4. The van der Waals surface area contributed by atoms with Crippen LogP contribution in [0.5, 0.6) is 0 Å². The van der Waals surface area contributed by atoms with E-state index in [0.717, 1.165) is 34.1 Å². The fourth-order valence-electron chi connectivity index (χ4n) is 9.09. The first-order valence-corrected chi connectivity index (χ1v) is 19.8. The smallest absolute Gasteiger partial charge is 0.0973 e. The lowest BCUT2D eigenvalue weighted by Crippen LogP contribution is -2.38. The van der Waals surface area contributed by atoms with Gasteiger partial charge in [0.2, 0.25) is 0 Å². The zero-order chi connectivity index (χ0) is 38.7. The highest BCUT2D eigenvalue weighted by Crippen LogP contribution is 2.61. The van der Waals surface area contributed by atoms with Crippen LogP contribution in [-0.4, -0.2) is 0 Å². The summed E-state index contributed by atoms with van der Waals surface area (Å²) < 4.78 is 0. The Hall–Kier alpha value is -7.02. The zero-order valence-corrected chi connectivity index (χ0v) is 32.7. The molecule has 0 unspecified atom stereocenters. The van der Waals surface area contributed by atoms with Crippen molar-refractivity contribution in [2.24, 2.45) is 0 Å². The number of hydrogen-bond acceptors (Lipinski definition) is 3. The number of anilines is 9. The fourth-order valence-corrected chi connectivity index (χ4v) is 9.09. The van der Waals surface area contributed by atoms with Crippen LogP contribution in [0.25, 0.3) is 11.1 Å². The molecule has 0 atom stereocenters. The monoisotopic (exact) mass is 733 g/mol. The predicted molar refractivity (Wildman–Crippen MR) is 238 cm³/mol. The molecule has 0 bridgehead atoms. The van der Waals surface area contributed by atoms with Gasteiger partial charge in [0, 0.05) is 39.3 Å². The van der Waals surface area contributed by atoms with E-state index in [0.29, 0.717) is 0 Å². The molecule has 2 aliphatic rings. The minimum absolute atomic E-state index is 0.245. The van der Waals surface area contributed by atoms with Gasteiger partial charge < -0.3 is 14.7 Å². The largest absolute Gasteiger partial charge is 0.311 e. The summed E-state index contributed by atoms with van der Waals surface area (Å²) >= 11 is 0. The van der Waals surface area contributed by atoms with Crippen LogP contribution in [0, 0.1) is 12.1 Å². The molecule has 10 rings (SSSR count). The SMILES string of the molecule is CC1(C)c2ccccc2N2c3ccc(-c4ccc(N(c5ccccc5)c5ccccc5)cc4)cc3C(C)(C)c3cc(N(c4c#cccc4)c4ccccc4)cc1c32. The van der Waals surface area contributed by atoms with Crippen molar-refractivity contribution in [3.8, 4) is 11.1 Å². The summed E-state index contributed by atoms with van der Waals surface area (Å²) in [4.78, 5) is 7.17. The number of fused-ring (bicyclic) bond motifs is 4. The van der Waals surface area contributed by atoms with Gasteiger partial charge in [0.25, 0.3) is 0 Å². The highest BCUT2D eigenvalue weighted by molar-refractivity contribution is 5.95. The van der Waals surface area contributed by atoms with E-state index in [1.807, 2.05) is 12.1 Å². The minimum atomic E-state index is -0.323. The third-order valence-electron chi connectivity index (χ3n) is 12.0. The van der Waals surface area contributed by atoms with Crippen LogP contribution in [0.2, 0.25) is 0 Å². The van der Waals surface area contributed by atoms with Gasteiger partial charge in [0.1, 0.15) is 0 Å². The first kappa shape index (κ1) is 34.5. The Kier molecular flexibility index (Phi) is 8.06. The normalized spacial score (nSPS) is 14.1. The quantitative estimate of drug-likeness (QED) is 0.161. The van der Waals surface area contributed by atoms with Crippen LogP contribution in [-0.2, 0) is 10.8 Å². The zero-order valence-electron chi connectivity index (χ0n) is 32.7. The molecule has 57 heavy (non-hydrogen) atoms. The van der Waals surface area contributed by atoms with Gasteiger partial charge >= 0.3 is 0 Å². The van der Waals surface area contributed by atoms with Crippen molar-refractivity contribution in [2.75, 3.05) is 14.7 Å². The molecular weight excluding hydrogens is 691 g/mol. The Bertz CT molecular complexity index is 2640. The second-order valence-electron chi connectivity index (χ2n) is 16.1. The molecule has 0 aliphatic carbocycles. The number of benzene rings is 7. The molecule has 0 amide bonds.